The van der Waals surface area contributed by atoms with Gasteiger partial charge in [0.05, 0.1) is 7.11 Å². The quantitative estimate of drug-likeness (QED) is 0.598. The van der Waals surface area contributed by atoms with E-state index in [1.165, 1.54) is 0 Å². The van der Waals surface area contributed by atoms with Gasteiger partial charge < -0.3 is 14.5 Å². The Balaban J connectivity index is 1.58. The third kappa shape index (κ3) is 2.94. The molecule has 0 radical (unpaired) electrons. The van der Waals surface area contributed by atoms with Crippen LogP contribution in [0.4, 0.5) is 0 Å². The van der Waals surface area contributed by atoms with Gasteiger partial charge in [-0.05, 0) is 40.6 Å². The molecule has 1 N–H and O–H groups in total. The highest BCUT2D eigenvalue weighted by atomic mass is 16.5. The number of hydrogen-bond donors (Lipinski definition) is 1. The van der Waals surface area contributed by atoms with Crippen molar-refractivity contribution in [2.24, 2.45) is 0 Å². The maximum atomic E-state index is 12.4. The fourth-order valence-corrected chi connectivity index (χ4v) is 2.96. The Kier molecular flexibility index (Phi) is 3.86. The van der Waals surface area contributed by atoms with Gasteiger partial charge in [0, 0.05) is 11.9 Å². The Bertz CT molecular complexity index is 1070. The molecule has 0 atom stereocenters. The molecule has 1 amide bonds. The van der Waals surface area contributed by atoms with E-state index < -0.39 is 0 Å². The molecule has 1 heterocycles. The standard InChI is InChI=1S/C21H17NO3/c1-24-16-7-4-5-14(11-16)13-22-21(23)20-12-18-17-8-3-2-6-15(17)9-10-19(18)25-20/h2-12H,13H2,1H3,(H,22,23). The molecule has 0 aliphatic rings. The first-order valence-electron chi connectivity index (χ1n) is 8.07. The summed E-state index contributed by atoms with van der Waals surface area (Å²) in [4.78, 5) is 12.4. The fraction of sp³-hybridized carbons (Fsp3) is 0.0952. The van der Waals surface area contributed by atoms with Crippen molar-refractivity contribution in [3.05, 3.63) is 78.1 Å². The van der Waals surface area contributed by atoms with E-state index in [4.69, 9.17) is 9.15 Å². The first-order chi connectivity index (χ1) is 12.2. The molecule has 124 valence electrons. The normalized spacial score (nSPS) is 10.9. The molecular formula is C21H17NO3. The van der Waals surface area contributed by atoms with E-state index in [0.717, 1.165) is 27.5 Å². The molecule has 0 saturated carbocycles. The van der Waals surface area contributed by atoms with Gasteiger partial charge >= 0.3 is 0 Å². The number of nitrogens with one attached hydrogen (secondary N) is 1. The van der Waals surface area contributed by atoms with Crippen LogP contribution < -0.4 is 10.1 Å². The second-order valence-electron chi connectivity index (χ2n) is 5.84. The lowest BCUT2D eigenvalue weighted by Gasteiger charge is -2.05. The molecule has 25 heavy (non-hydrogen) atoms. The molecule has 4 rings (SSSR count). The minimum Gasteiger partial charge on any atom is -0.497 e. The maximum absolute atomic E-state index is 12.4. The van der Waals surface area contributed by atoms with E-state index in [9.17, 15) is 4.79 Å². The van der Waals surface area contributed by atoms with Crippen LogP contribution >= 0.6 is 0 Å². The predicted octanol–water partition coefficient (Wildman–Crippen LogP) is 4.52. The number of carbonyl (C=O) groups excluding carboxylic acids is 1. The number of methoxy groups -OCH3 is 1. The topological polar surface area (TPSA) is 51.5 Å². The Hall–Kier alpha value is -3.27. The van der Waals surface area contributed by atoms with Gasteiger partial charge in [-0.25, -0.2) is 0 Å². The minimum atomic E-state index is -0.233. The SMILES string of the molecule is COc1cccc(CNC(=O)c2cc3c(ccc4ccccc43)o2)c1. The smallest absolute Gasteiger partial charge is 0.287 e. The number of fused-ring (bicyclic) bond motifs is 3. The van der Waals surface area contributed by atoms with Crippen molar-refractivity contribution < 1.29 is 13.9 Å². The number of carbonyl (C=O) groups is 1. The Morgan fingerprint density at radius 1 is 1.00 bits per heavy atom. The Labute approximate surface area is 145 Å². The molecule has 4 heteroatoms. The van der Waals surface area contributed by atoms with Gasteiger partial charge in [0.1, 0.15) is 11.3 Å². The summed E-state index contributed by atoms with van der Waals surface area (Å²) in [7, 11) is 1.62. The van der Waals surface area contributed by atoms with E-state index >= 15 is 0 Å². The van der Waals surface area contributed by atoms with Crippen molar-refractivity contribution in [3.8, 4) is 5.75 Å². The van der Waals surface area contributed by atoms with Crippen LogP contribution in [0.25, 0.3) is 21.7 Å². The van der Waals surface area contributed by atoms with Crippen LogP contribution in [-0.4, -0.2) is 13.0 Å². The van der Waals surface area contributed by atoms with Gasteiger partial charge in [0.2, 0.25) is 0 Å². The molecule has 4 aromatic rings. The van der Waals surface area contributed by atoms with Crippen LogP contribution in [0.3, 0.4) is 0 Å². The lowest BCUT2D eigenvalue weighted by molar-refractivity contribution is 0.0925. The van der Waals surface area contributed by atoms with E-state index in [-0.39, 0.29) is 5.91 Å². The number of ether oxygens (including phenoxy) is 1. The van der Waals surface area contributed by atoms with Gasteiger partial charge in [-0.1, -0.05) is 42.5 Å². The monoisotopic (exact) mass is 331 g/mol. The summed E-state index contributed by atoms with van der Waals surface area (Å²) in [6.07, 6.45) is 0. The van der Waals surface area contributed by atoms with Crippen LogP contribution in [0.1, 0.15) is 16.1 Å². The maximum Gasteiger partial charge on any atom is 0.287 e. The minimum absolute atomic E-state index is 0.233. The second kappa shape index (κ2) is 6.32. The summed E-state index contributed by atoms with van der Waals surface area (Å²) in [5.41, 5.74) is 1.68. The van der Waals surface area contributed by atoms with E-state index in [1.54, 1.807) is 13.2 Å². The summed E-state index contributed by atoms with van der Waals surface area (Å²) < 4.78 is 10.9. The van der Waals surface area contributed by atoms with Crippen molar-refractivity contribution in [2.75, 3.05) is 7.11 Å². The van der Waals surface area contributed by atoms with Crippen LogP contribution in [0.5, 0.6) is 5.75 Å². The number of hydrogen-bond acceptors (Lipinski definition) is 3. The van der Waals surface area contributed by atoms with Crippen LogP contribution in [0, 0.1) is 0 Å². The summed E-state index contributed by atoms with van der Waals surface area (Å²) in [6.45, 7) is 0.411. The predicted molar refractivity (Wildman–Crippen MR) is 97.9 cm³/mol. The molecule has 0 saturated heterocycles. The molecule has 0 spiro atoms. The van der Waals surface area contributed by atoms with Crippen LogP contribution in [0.15, 0.2) is 71.1 Å². The molecule has 4 nitrogen and oxygen atoms in total. The van der Waals surface area contributed by atoms with E-state index in [2.05, 4.69) is 5.32 Å². The van der Waals surface area contributed by atoms with Crippen molar-refractivity contribution in [1.82, 2.24) is 5.32 Å². The number of rotatable bonds is 4. The zero-order valence-corrected chi connectivity index (χ0v) is 13.8. The highest BCUT2D eigenvalue weighted by Crippen LogP contribution is 2.28. The molecule has 0 fully saturated rings. The van der Waals surface area contributed by atoms with Gasteiger partial charge in [-0.2, -0.15) is 0 Å². The lowest BCUT2D eigenvalue weighted by Crippen LogP contribution is -2.22. The summed E-state index contributed by atoms with van der Waals surface area (Å²) >= 11 is 0. The van der Waals surface area contributed by atoms with Crippen molar-refractivity contribution in [3.63, 3.8) is 0 Å². The molecule has 0 bridgehead atoms. The summed E-state index contributed by atoms with van der Waals surface area (Å²) in [5, 5.41) is 6.04. The molecule has 0 aliphatic heterocycles. The van der Waals surface area contributed by atoms with Gasteiger partial charge in [-0.3, -0.25) is 4.79 Å². The Morgan fingerprint density at radius 2 is 1.88 bits per heavy atom. The zero-order valence-electron chi connectivity index (χ0n) is 13.8. The molecule has 3 aromatic carbocycles. The zero-order chi connectivity index (χ0) is 17.2. The molecular weight excluding hydrogens is 314 g/mol. The van der Waals surface area contributed by atoms with Crippen molar-refractivity contribution in [2.45, 2.75) is 6.54 Å². The highest BCUT2D eigenvalue weighted by Gasteiger charge is 2.13. The van der Waals surface area contributed by atoms with Gasteiger partial charge in [0.15, 0.2) is 5.76 Å². The Morgan fingerprint density at radius 3 is 2.76 bits per heavy atom. The second-order valence-corrected chi connectivity index (χ2v) is 5.84. The third-order valence-corrected chi connectivity index (χ3v) is 4.24. The summed E-state index contributed by atoms with van der Waals surface area (Å²) in [5.74, 6) is 0.847. The summed E-state index contributed by atoms with van der Waals surface area (Å²) in [6, 6.07) is 21.4. The largest absolute Gasteiger partial charge is 0.497 e. The van der Waals surface area contributed by atoms with Crippen LogP contribution in [-0.2, 0) is 6.54 Å². The average molecular weight is 331 g/mol. The van der Waals surface area contributed by atoms with E-state index in [0.29, 0.717) is 17.9 Å². The molecule has 0 unspecified atom stereocenters. The third-order valence-electron chi connectivity index (χ3n) is 4.24. The number of furan rings is 1. The number of benzene rings is 3. The fourth-order valence-electron chi connectivity index (χ4n) is 2.96. The average Bonchev–Trinajstić information content (AvgIpc) is 3.11. The molecule has 1 aromatic heterocycles. The van der Waals surface area contributed by atoms with Crippen LogP contribution in [0.2, 0.25) is 0 Å². The number of amides is 1. The van der Waals surface area contributed by atoms with E-state index in [1.807, 2.05) is 60.7 Å². The highest BCUT2D eigenvalue weighted by molar-refractivity contribution is 6.08. The van der Waals surface area contributed by atoms with Gasteiger partial charge in [-0.15, -0.1) is 0 Å². The lowest BCUT2D eigenvalue weighted by atomic mass is 10.1. The first-order valence-corrected chi connectivity index (χ1v) is 8.07. The molecule has 0 aliphatic carbocycles. The first kappa shape index (κ1) is 15.3. The van der Waals surface area contributed by atoms with Crippen molar-refractivity contribution in [1.29, 1.82) is 0 Å². The van der Waals surface area contributed by atoms with Gasteiger partial charge in [0.25, 0.3) is 5.91 Å². The van der Waals surface area contributed by atoms with Crippen molar-refractivity contribution >= 4 is 27.6 Å².